The van der Waals surface area contributed by atoms with Crippen LogP contribution >= 0.6 is 11.5 Å². The second-order valence-electron chi connectivity index (χ2n) is 7.90. The summed E-state index contributed by atoms with van der Waals surface area (Å²) in [5.41, 5.74) is 3.64. The van der Waals surface area contributed by atoms with Crippen molar-refractivity contribution in [2.75, 3.05) is 0 Å². The van der Waals surface area contributed by atoms with Crippen LogP contribution in [-0.2, 0) is 13.5 Å². The van der Waals surface area contributed by atoms with E-state index in [1.807, 2.05) is 43.2 Å². The van der Waals surface area contributed by atoms with E-state index in [0.717, 1.165) is 58.8 Å². The molecule has 0 atom stereocenters. The van der Waals surface area contributed by atoms with Gasteiger partial charge >= 0.3 is 0 Å². The quantitative estimate of drug-likeness (QED) is 0.529. The minimum atomic E-state index is -0.223. The minimum Gasteiger partial charge on any atom is -0.473 e. The monoisotopic (exact) mass is 424 g/mol. The molecular formula is C21H24N6O2S. The molecule has 0 aromatic carbocycles. The van der Waals surface area contributed by atoms with Gasteiger partial charge in [0.1, 0.15) is 17.4 Å². The molecule has 0 radical (unpaired) electrons. The van der Waals surface area contributed by atoms with Crippen molar-refractivity contribution in [3.63, 3.8) is 0 Å². The normalized spacial score (nSPS) is 19.4. The van der Waals surface area contributed by atoms with E-state index in [9.17, 15) is 5.11 Å². The van der Waals surface area contributed by atoms with Gasteiger partial charge in [-0.15, -0.1) is 0 Å². The molecule has 0 bridgehead atoms. The Hall–Kier alpha value is -2.78. The Balaban J connectivity index is 1.55. The van der Waals surface area contributed by atoms with Gasteiger partial charge in [0.05, 0.1) is 29.2 Å². The zero-order valence-electron chi connectivity index (χ0n) is 17.0. The van der Waals surface area contributed by atoms with Gasteiger partial charge in [0.25, 0.3) is 0 Å². The van der Waals surface area contributed by atoms with Crippen LogP contribution in [0.15, 0.2) is 30.7 Å². The van der Waals surface area contributed by atoms with Crippen molar-refractivity contribution in [1.29, 1.82) is 0 Å². The molecular weight excluding hydrogens is 400 g/mol. The summed E-state index contributed by atoms with van der Waals surface area (Å²) in [5, 5.41) is 14.1. The number of nitrogens with zero attached hydrogens (tertiary/aromatic N) is 6. The molecule has 8 nitrogen and oxygen atoms in total. The summed E-state index contributed by atoms with van der Waals surface area (Å²) in [5.74, 6) is 1.31. The van der Waals surface area contributed by atoms with E-state index in [4.69, 9.17) is 14.7 Å². The average Bonchev–Trinajstić information content (AvgIpc) is 3.44. The highest BCUT2D eigenvalue weighted by molar-refractivity contribution is 7.05. The van der Waals surface area contributed by atoms with Crippen LogP contribution in [0.2, 0.25) is 0 Å². The molecule has 1 fully saturated rings. The maximum Gasteiger partial charge on any atom is 0.242 e. The van der Waals surface area contributed by atoms with E-state index in [1.165, 1.54) is 11.5 Å². The van der Waals surface area contributed by atoms with Gasteiger partial charge in [0.2, 0.25) is 5.88 Å². The highest BCUT2D eigenvalue weighted by Crippen LogP contribution is 2.31. The lowest BCUT2D eigenvalue weighted by molar-refractivity contribution is 0.0649. The molecule has 156 valence electrons. The van der Waals surface area contributed by atoms with Gasteiger partial charge in [-0.3, -0.25) is 4.68 Å². The number of hydrogen-bond donors (Lipinski definition) is 1. The van der Waals surface area contributed by atoms with Crippen molar-refractivity contribution >= 4 is 22.6 Å². The third kappa shape index (κ3) is 3.82. The molecule has 0 unspecified atom stereocenters. The van der Waals surface area contributed by atoms with Crippen LogP contribution < -0.4 is 4.74 Å². The largest absolute Gasteiger partial charge is 0.473 e. The van der Waals surface area contributed by atoms with E-state index in [0.29, 0.717) is 12.3 Å². The fraction of sp³-hybridized carbons (Fsp3) is 0.429. The summed E-state index contributed by atoms with van der Waals surface area (Å²) in [7, 11) is 1.89. The van der Waals surface area contributed by atoms with Crippen molar-refractivity contribution in [2.45, 2.75) is 51.2 Å². The fourth-order valence-electron chi connectivity index (χ4n) is 3.94. The summed E-state index contributed by atoms with van der Waals surface area (Å²) in [6, 6.07) is 4.06. The van der Waals surface area contributed by atoms with Gasteiger partial charge in [-0.1, -0.05) is 0 Å². The summed E-state index contributed by atoms with van der Waals surface area (Å²) >= 11 is 1.48. The molecule has 1 N–H and O–H groups in total. The van der Waals surface area contributed by atoms with Crippen LogP contribution in [-0.4, -0.2) is 46.0 Å². The van der Waals surface area contributed by atoms with Crippen LogP contribution in [0, 0.1) is 6.92 Å². The smallest absolute Gasteiger partial charge is 0.242 e. The Bertz CT molecular complexity index is 1170. The highest BCUT2D eigenvalue weighted by Gasteiger charge is 2.24. The highest BCUT2D eigenvalue weighted by atomic mass is 32.1. The molecule has 4 aromatic rings. The molecule has 30 heavy (non-hydrogen) atoms. The van der Waals surface area contributed by atoms with E-state index < -0.39 is 0 Å². The van der Waals surface area contributed by atoms with Gasteiger partial charge in [0, 0.05) is 30.7 Å². The van der Waals surface area contributed by atoms with Crippen LogP contribution in [0.3, 0.4) is 0 Å². The van der Waals surface area contributed by atoms with Crippen LogP contribution in [0.1, 0.15) is 42.1 Å². The number of aromatic nitrogens is 6. The number of aliphatic hydroxyl groups excluding tert-OH is 1. The lowest BCUT2D eigenvalue weighted by Crippen LogP contribution is -2.27. The first-order valence-electron chi connectivity index (χ1n) is 10.2. The predicted octanol–water partition coefficient (Wildman–Crippen LogP) is 3.19. The third-order valence-electron chi connectivity index (χ3n) is 5.45. The van der Waals surface area contributed by atoms with Gasteiger partial charge in [0.15, 0.2) is 0 Å². The van der Waals surface area contributed by atoms with Crippen molar-refractivity contribution in [2.24, 2.45) is 7.05 Å². The third-order valence-corrected chi connectivity index (χ3v) is 6.32. The van der Waals surface area contributed by atoms with Crippen LogP contribution in [0.25, 0.3) is 16.7 Å². The number of aliphatic hydroxyl groups is 1. The number of hydrogen-bond acceptors (Lipinski definition) is 7. The Labute approximate surface area is 178 Å². The lowest BCUT2D eigenvalue weighted by Gasteiger charge is -2.26. The number of aryl methyl sites for hydroxylation is 2. The van der Waals surface area contributed by atoms with Crippen LogP contribution in [0.4, 0.5) is 0 Å². The SMILES string of the molecule is Cc1cc(Cc2nc(OC3CCC(O)CC3)c3c(ccn3-c3cnn(C)c3)n2)sn1. The molecule has 5 rings (SSSR count). The summed E-state index contributed by atoms with van der Waals surface area (Å²) in [4.78, 5) is 10.7. The molecule has 0 saturated heterocycles. The summed E-state index contributed by atoms with van der Waals surface area (Å²) in [6.07, 6.45) is 9.36. The average molecular weight is 425 g/mol. The molecule has 9 heteroatoms. The number of ether oxygens (including phenoxy) is 1. The maximum absolute atomic E-state index is 9.84. The van der Waals surface area contributed by atoms with Gasteiger partial charge in [-0.25, -0.2) is 4.98 Å². The van der Waals surface area contributed by atoms with Crippen LogP contribution in [0.5, 0.6) is 5.88 Å². The maximum atomic E-state index is 9.84. The molecule has 4 aromatic heterocycles. The Morgan fingerprint density at radius 1 is 1.23 bits per heavy atom. The zero-order chi connectivity index (χ0) is 20.7. The minimum absolute atomic E-state index is 0.0437. The number of fused-ring (bicyclic) bond motifs is 1. The van der Waals surface area contributed by atoms with E-state index >= 15 is 0 Å². The Kier molecular flexibility index (Phi) is 5.00. The van der Waals surface area contributed by atoms with Gasteiger partial charge in [-0.05, 0) is 56.3 Å². The van der Waals surface area contributed by atoms with E-state index in [1.54, 1.807) is 4.68 Å². The molecule has 1 aliphatic carbocycles. The second-order valence-corrected chi connectivity index (χ2v) is 8.79. The predicted molar refractivity (Wildman–Crippen MR) is 114 cm³/mol. The number of rotatable bonds is 5. The lowest BCUT2D eigenvalue weighted by atomic mass is 9.95. The standard InChI is InChI=1S/C21H24N6O2S/c1-13-9-17(30-25-13)10-19-23-18-7-8-27(14-11-22-26(2)12-14)20(18)21(24-19)29-16-5-3-15(28)4-6-16/h7-9,11-12,15-16,28H,3-6,10H2,1-2H3. The van der Waals surface area contributed by atoms with Crippen molar-refractivity contribution in [1.82, 2.24) is 28.7 Å². The van der Waals surface area contributed by atoms with E-state index in [2.05, 4.69) is 15.5 Å². The first-order chi connectivity index (χ1) is 14.5. The molecule has 1 saturated carbocycles. The molecule has 0 amide bonds. The van der Waals surface area contributed by atoms with Crippen molar-refractivity contribution in [3.05, 3.63) is 47.1 Å². The molecule has 0 spiro atoms. The summed E-state index contributed by atoms with van der Waals surface area (Å²) in [6.45, 7) is 1.99. The van der Waals surface area contributed by atoms with Gasteiger partial charge in [-0.2, -0.15) is 14.5 Å². The summed E-state index contributed by atoms with van der Waals surface area (Å²) < 4.78 is 14.6. The Morgan fingerprint density at radius 3 is 2.77 bits per heavy atom. The molecule has 0 aliphatic heterocycles. The Morgan fingerprint density at radius 2 is 2.07 bits per heavy atom. The molecule has 4 heterocycles. The topological polar surface area (TPSA) is 90.9 Å². The fourth-order valence-corrected chi connectivity index (χ4v) is 4.68. The van der Waals surface area contributed by atoms with Gasteiger partial charge < -0.3 is 14.4 Å². The first kappa shape index (κ1) is 19.2. The van der Waals surface area contributed by atoms with Crippen molar-refractivity contribution < 1.29 is 9.84 Å². The van der Waals surface area contributed by atoms with E-state index in [-0.39, 0.29) is 12.2 Å². The zero-order valence-corrected chi connectivity index (χ0v) is 17.8. The van der Waals surface area contributed by atoms with Crippen molar-refractivity contribution in [3.8, 4) is 11.6 Å². The second kappa shape index (κ2) is 7.81. The molecule has 1 aliphatic rings. The first-order valence-corrected chi connectivity index (χ1v) is 11.0.